The lowest BCUT2D eigenvalue weighted by atomic mass is 10.1. The number of benzene rings is 3. The maximum Gasteiger partial charge on any atom is 0.418 e. The number of hydrogen-bond donors (Lipinski definition) is 1. The molecule has 0 saturated heterocycles. The largest absolute Gasteiger partial charge is 0.418 e. The number of hydrogen-bond acceptors (Lipinski definition) is 2. The summed E-state index contributed by atoms with van der Waals surface area (Å²) in [5, 5.41) is 3.19. The summed E-state index contributed by atoms with van der Waals surface area (Å²) in [6.45, 7) is 2.01. The lowest BCUT2D eigenvalue weighted by molar-refractivity contribution is -0.137. The van der Waals surface area contributed by atoms with Crippen LogP contribution in [0.2, 0.25) is 0 Å². The van der Waals surface area contributed by atoms with E-state index in [1.165, 1.54) is 23.1 Å². The van der Waals surface area contributed by atoms with Crippen LogP contribution in [-0.4, -0.2) is 34.4 Å². The summed E-state index contributed by atoms with van der Waals surface area (Å²) < 4.78 is 41.7. The zero-order chi connectivity index (χ0) is 25.0. The second-order valence-electron chi connectivity index (χ2n) is 8.07. The summed E-state index contributed by atoms with van der Waals surface area (Å²) in [6, 6.07) is 23.8. The molecule has 0 spiro atoms. The fourth-order valence-electron chi connectivity index (χ4n) is 4.02. The van der Waals surface area contributed by atoms with Crippen molar-refractivity contribution in [1.29, 1.82) is 0 Å². The first-order valence-corrected chi connectivity index (χ1v) is 11.2. The Balaban J connectivity index is 1.59. The van der Waals surface area contributed by atoms with E-state index in [0.717, 1.165) is 22.5 Å². The molecule has 4 aromatic rings. The van der Waals surface area contributed by atoms with Crippen LogP contribution in [0.15, 0.2) is 84.9 Å². The molecule has 5 nitrogen and oxygen atoms in total. The standard InChI is InChI=1S/C27H24F3N3O2/c1-2-32(18-25(34)31-22-14-8-7-13-21(22)27(28,29)30)26(35)24-16-20-12-6-9-15-23(20)33(24)17-19-10-4-3-5-11-19/h3-16H,2,17-18H2,1H3,(H,31,34). The number of likely N-dealkylation sites (N-methyl/N-ethyl adjacent to an activating group) is 1. The van der Waals surface area contributed by atoms with Gasteiger partial charge in [-0.3, -0.25) is 9.59 Å². The van der Waals surface area contributed by atoms with Gasteiger partial charge >= 0.3 is 6.18 Å². The normalized spacial score (nSPS) is 11.4. The number of para-hydroxylation sites is 2. The molecule has 8 heteroatoms. The quantitative estimate of drug-likeness (QED) is 0.364. The van der Waals surface area contributed by atoms with Gasteiger partial charge in [0.05, 0.1) is 11.3 Å². The highest BCUT2D eigenvalue weighted by molar-refractivity contribution is 6.02. The third-order valence-corrected chi connectivity index (χ3v) is 5.72. The van der Waals surface area contributed by atoms with Crippen LogP contribution < -0.4 is 5.32 Å². The summed E-state index contributed by atoms with van der Waals surface area (Å²) in [7, 11) is 0. The molecular weight excluding hydrogens is 455 g/mol. The van der Waals surface area contributed by atoms with Crippen molar-refractivity contribution in [3.8, 4) is 0 Å². The fraction of sp³-hybridized carbons (Fsp3) is 0.185. The Labute approximate surface area is 200 Å². The monoisotopic (exact) mass is 479 g/mol. The molecule has 1 N–H and O–H groups in total. The van der Waals surface area contributed by atoms with Crippen molar-refractivity contribution in [3.63, 3.8) is 0 Å². The van der Waals surface area contributed by atoms with Gasteiger partial charge in [0.2, 0.25) is 5.91 Å². The molecule has 0 aliphatic rings. The van der Waals surface area contributed by atoms with Crippen LogP contribution in [-0.2, 0) is 17.5 Å². The lowest BCUT2D eigenvalue weighted by Gasteiger charge is -2.22. The van der Waals surface area contributed by atoms with Crippen LogP contribution in [0, 0.1) is 0 Å². The van der Waals surface area contributed by atoms with Crippen LogP contribution in [0.3, 0.4) is 0 Å². The third-order valence-electron chi connectivity index (χ3n) is 5.72. The van der Waals surface area contributed by atoms with Gasteiger partial charge in [0.15, 0.2) is 0 Å². The van der Waals surface area contributed by atoms with Crippen LogP contribution in [0.4, 0.5) is 18.9 Å². The van der Waals surface area contributed by atoms with Gasteiger partial charge in [0.25, 0.3) is 5.91 Å². The predicted molar refractivity (Wildman–Crippen MR) is 129 cm³/mol. The van der Waals surface area contributed by atoms with Gasteiger partial charge < -0.3 is 14.8 Å². The van der Waals surface area contributed by atoms with Gasteiger partial charge in [-0.15, -0.1) is 0 Å². The minimum Gasteiger partial charge on any atom is -0.332 e. The Morgan fingerprint density at radius 3 is 2.29 bits per heavy atom. The Kier molecular flexibility index (Phi) is 6.91. The SMILES string of the molecule is CCN(CC(=O)Nc1ccccc1C(F)(F)F)C(=O)c1cc2ccccc2n1Cc1ccccc1. The molecular formula is C27H24F3N3O2. The van der Waals surface area contributed by atoms with Crippen molar-refractivity contribution in [2.24, 2.45) is 0 Å². The summed E-state index contributed by atoms with van der Waals surface area (Å²) in [5.41, 5.74) is 1.00. The van der Waals surface area contributed by atoms with E-state index in [2.05, 4.69) is 5.32 Å². The predicted octanol–water partition coefficient (Wildman–Crippen LogP) is 5.81. The fourth-order valence-corrected chi connectivity index (χ4v) is 4.02. The van der Waals surface area contributed by atoms with E-state index in [1.807, 2.05) is 59.2 Å². The van der Waals surface area contributed by atoms with Gasteiger partial charge in [0.1, 0.15) is 12.2 Å². The zero-order valence-corrected chi connectivity index (χ0v) is 19.0. The molecule has 0 fully saturated rings. The van der Waals surface area contributed by atoms with Gasteiger partial charge in [-0.25, -0.2) is 0 Å². The van der Waals surface area contributed by atoms with Crippen molar-refractivity contribution < 1.29 is 22.8 Å². The number of rotatable bonds is 7. The van der Waals surface area contributed by atoms with Crippen LogP contribution in [0.1, 0.15) is 28.5 Å². The number of anilines is 1. The highest BCUT2D eigenvalue weighted by Crippen LogP contribution is 2.34. The van der Waals surface area contributed by atoms with Gasteiger partial charge in [-0.1, -0.05) is 60.7 Å². The lowest BCUT2D eigenvalue weighted by Crippen LogP contribution is -2.39. The molecule has 1 heterocycles. The van der Waals surface area contributed by atoms with E-state index in [4.69, 9.17) is 0 Å². The summed E-state index contributed by atoms with van der Waals surface area (Å²) in [4.78, 5) is 27.5. The minimum absolute atomic E-state index is 0.208. The highest BCUT2D eigenvalue weighted by atomic mass is 19.4. The third kappa shape index (κ3) is 5.37. The number of carbonyl (C=O) groups excluding carboxylic acids is 2. The number of halogens is 3. The Morgan fingerprint density at radius 1 is 0.914 bits per heavy atom. The Morgan fingerprint density at radius 2 is 1.57 bits per heavy atom. The van der Waals surface area contributed by atoms with Crippen molar-refractivity contribution >= 4 is 28.4 Å². The van der Waals surface area contributed by atoms with E-state index < -0.39 is 17.6 Å². The summed E-state index contributed by atoms with van der Waals surface area (Å²) >= 11 is 0. The number of fused-ring (bicyclic) bond motifs is 1. The Hall–Kier alpha value is -4.07. The van der Waals surface area contributed by atoms with E-state index in [0.29, 0.717) is 12.2 Å². The molecule has 1 aromatic heterocycles. The maximum absolute atomic E-state index is 13.5. The highest BCUT2D eigenvalue weighted by Gasteiger charge is 2.33. The number of aromatic nitrogens is 1. The molecule has 0 unspecified atom stereocenters. The van der Waals surface area contributed by atoms with Crippen LogP contribution >= 0.6 is 0 Å². The molecule has 35 heavy (non-hydrogen) atoms. The molecule has 4 rings (SSSR count). The molecule has 0 atom stereocenters. The first-order valence-electron chi connectivity index (χ1n) is 11.2. The first-order chi connectivity index (χ1) is 16.8. The van der Waals surface area contributed by atoms with Gasteiger partial charge in [0, 0.05) is 24.0 Å². The zero-order valence-electron chi connectivity index (χ0n) is 19.0. The van der Waals surface area contributed by atoms with E-state index in [9.17, 15) is 22.8 Å². The average Bonchev–Trinajstić information content (AvgIpc) is 3.21. The Bertz CT molecular complexity index is 1350. The molecule has 0 aliphatic heterocycles. The molecule has 0 saturated carbocycles. The number of nitrogens with one attached hydrogen (secondary N) is 1. The van der Waals surface area contributed by atoms with E-state index in [1.54, 1.807) is 13.0 Å². The van der Waals surface area contributed by atoms with E-state index in [-0.39, 0.29) is 24.7 Å². The van der Waals surface area contributed by atoms with Gasteiger partial charge in [-0.05, 0) is 36.8 Å². The van der Waals surface area contributed by atoms with Crippen molar-refractivity contribution in [2.45, 2.75) is 19.6 Å². The number of carbonyl (C=O) groups is 2. The number of alkyl halides is 3. The number of amides is 2. The van der Waals surface area contributed by atoms with Crippen LogP contribution in [0.25, 0.3) is 10.9 Å². The molecule has 0 radical (unpaired) electrons. The molecule has 180 valence electrons. The molecule has 0 bridgehead atoms. The summed E-state index contributed by atoms with van der Waals surface area (Å²) in [6.07, 6.45) is -4.61. The topological polar surface area (TPSA) is 54.3 Å². The molecule has 2 amide bonds. The van der Waals surface area contributed by atoms with E-state index >= 15 is 0 Å². The van der Waals surface area contributed by atoms with Crippen molar-refractivity contribution in [2.75, 3.05) is 18.4 Å². The van der Waals surface area contributed by atoms with Crippen molar-refractivity contribution in [1.82, 2.24) is 9.47 Å². The second kappa shape index (κ2) is 10.0. The second-order valence-corrected chi connectivity index (χ2v) is 8.07. The van der Waals surface area contributed by atoms with Gasteiger partial charge in [-0.2, -0.15) is 13.2 Å². The summed E-state index contributed by atoms with van der Waals surface area (Å²) in [5.74, 6) is -1.08. The smallest absolute Gasteiger partial charge is 0.332 e. The average molecular weight is 480 g/mol. The molecule has 0 aliphatic carbocycles. The van der Waals surface area contributed by atoms with Crippen LogP contribution in [0.5, 0.6) is 0 Å². The number of nitrogens with zero attached hydrogens (tertiary/aromatic N) is 2. The maximum atomic E-state index is 13.5. The first kappa shape index (κ1) is 24.1. The van der Waals surface area contributed by atoms with Crippen molar-refractivity contribution in [3.05, 3.63) is 102 Å². The minimum atomic E-state index is -4.61. The molecule has 3 aromatic carbocycles.